The fourth-order valence-electron chi connectivity index (χ4n) is 1.20. The van der Waals surface area contributed by atoms with E-state index in [4.69, 9.17) is 9.95 Å². The van der Waals surface area contributed by atoms with Gasteiger partial charge < -0.3 is 4.42 Å². The highest BCUT2D eigenvalue weighted by molar-refractivity contribution is 5.72. The molecule has 1 aromatic carbocycles. The van der Waals surface area contributed by atoms with E-state index in [-0.39, 0.29) is 6.54 Å². The van der Waals surface area contributed by atoms with Gasteiger partial charge in [-0.15, -0.1) is 0 Å². The van der Waals surface area contributed by atoms with Crippen LogP contribution in [-0.4, -0.2) is 4.98 Å². The summed E-state index contributed by atoms with van der Waals surface area (Å²) in [6.07, 6.45) is 0. The lowest BCUT2D eigenvalue weighted by Gasteiger charge is -1.93. The maximum Gasteiger partial charge on any atom is 0.417 e. The van der Waals surface area contributed by atoms with Crippen LogP contribution in [0.1, 0.15) is 5.56 Å². The molecule has 0 radical (unpaired) electrons. The second-order valence-corrected chi connectivity index (χ2v) is 2.73. The molecule has 2 aromatic rings. The first-order valence-corrected chi connectivity index (χ1v) is 3.92. The fourth-order valence-corrected chi connectivity index (χ4v) is 1.20. The van der Waals surface area contributed by atoms with E-state index in [1.54, 1.807) is 18.2 Å². The van der Waals surface area contributed by atoms with E-state index >= 15 is 0 Å². The molecule has 0 saturated heterocycles. The van der Waals surface area contributed by atoms with Crippen molar-refractivity contribution >= 4 is 11.1 Å². The molecule has 70 valence electrons. The van der Waals surface area contributed by atoms with Crippen molar-refractivity contribution < 1.29 is 4.42 Å². The van der Waals surface area contributed by atoms with E-state index in [9.17, 15) is 4.79 Å². The molecule has 0 saturated carbocycles. The molecule has 14 heavy (non-hydrogen) atoms. The Kier molecular flexibility index (Phi) is 1.96. The first-order chi connectivity index (χ1) is 6.79. The lowest BCUT2D eigenvalue weighted by atomic mass is 10.2. The fraction of sp³-hybridized carbons (Fsp3) is 0.125. The third-order valence-electron chi connectivity index (χ3n) is 1.80. The van der Waals surface area contributed by atoms with Crippen molar-refractivity contribution in [1.29, 1.82) is 0 Å². The minimum absolute atomic E-state index is 0.251. The van der Waals surface area contributed by atoms with Gasteiger partial charge in [0.15, 0.2) is 5.58 Å². The van der Waals surface area contributed by atoms with Gasteiger partial charge in [-0.25, -0.2) is 4.79 Å². The van der Waals surface area contributed by atoms with E-state index < -0.39 is 5.76 Å². The van der Waals surface area contributed by atoms with E-state index in [2.05, 4.69) is 15.0 Å². The summed E-state index contributed by atoms with van der Waals surface area (Å²) in [5, 5.41) is 3.41. The molecule has 0 spiro atoms. The first kappa shape index (κ1) is 8.40. The van der Waals surface area contributed by atoms with Crippen molar-refractivity contribution in [2.75, 3.05) is 0 Å². The van der Waals surface area contributed by atoms with Gasteiger partial charge >= 0.3 is 5.76 Å². The third-order valence-corrected chi connectivity index (χ3v) is 1.80. The van der Waals surface area contributed by atoms with Crippen LogP contribution in [0.4, 0.5) is 0 Å². The first-order valence-electron chi connectivity index (χ1n) is 3.92. The lowest BCUT2D eigenvalue weighted by Crippen LogP contribution is -1.92. The average molecular weight is 190 g/mol. The average Bonchev–Trinajstić information content (AvgIpc) is 2.54. The van der Waals surface area contributed by atoms with Crippen molar-refractivity contribution in [3.8, 4) is 0 Å². The van der Waals surface area contributed by atoms with Crippen LogP contribution in [0.15, 0.2) is 32.5 Å². The zero-order chi connectivity index (χ0) is 9.97. The van der Waals surface area contributed by atoms with Crippen LogP contribution in [0.2, 0.25) is 0 Å². The summed E-state index contributed by atoms with van der Waals surface area (Å²) in [5.74, 6) is -0.485. The van der Waals surface area contributed by atoms with Crippen molar-refractivity contribution in [2.45, 2.75) is 6.54 Å². The number of nitrogens with zero attached hydrogens (tertiary/aromatic N) is 3. The van der Waals surface area contributed by atoms with Crippen LogP contribution in [0.5, 0.6) is 0 Å². The Morgan fingerprint density at radius 1 is 1.57 bits per heavy atom. The van der Waals surface area contributed by atoms with Crippen LogP contribution in [0, 0.1) is 0 Å². The van der Waals surface area contributed by atoms with Gasteiger partial charge in [-0.1, -0.05) is 11.2 Å². The van der Waals surface area contributed by atoms with E-state index in [1.165, 1.54) is 0 Å². The topological polar surface area (TPSA) is 94.8 Å². The molecular weight excluding hydrogens is 184 g/mol. The van der Waals surface area contributed by atoms with Gasteiger partial charge in [0.1, 0.15) is 0 Å². The number of aromatic amines is 1. The summed E-state index contributed by atoms with van der Waals surface area (Å²) in [7, 11) is 0. The predicted octanol–water partition coefficient (Wildman–Crippen LogP) is 1.93. The molecular formula is C8H6N4O2. The molecule has 1 heterocycles. The summed E-state index contributed by atoms with van der Waals surface area (Å²) in [6, 6.07) is 5.15. The lowest BCUT2D eigenvalue weighted by molar-refractivity contribution is 0.555. The zero-order valence-corrected chi connectivity index (χ0v) is 7.10. The molecule has 0 aliphatic carbocycles. The van der Waals surface area contributed by atoms with Crippen LogP contribution in [-0.2, 0) is 6.54 Å². The quantitative estimate of drug-likeness (QED) is 0.445. The van der Waals surface area contributed by atoms with Gasteiger partial charge in [-0.2, -0.15) is 0 Å². The summed E-state index contributed by atoms with van der Waals surface area (Å²) >= 11 is 0. The summed E-state index contributed by atoms with van der Waals surface area (Å²) < 4.78 is 4.84. The predicted molar refractivity (Wildman–Crippen MR) is 49.7 cm³/mol. The molecule has 0 unspecified atom stereocenters. The monoisotopic (exact) mass is 190 g/mol. The Hall–Kier alpha value is -2.20. The number of azide groups is 1. The molecule has 6 nitrogen and oxygen atoms in total. The zero-order valence-electron chi connectivity index (χ0n) is 7.10. The van der Waals surface area contributed by atoms with E-state index in [0.717, 1.165) is 5.56 Å². The Labute approximate surface area is 77.8 Å². The van der Waals surface area contributed by atoms with Gasteiger partial charge in [0.25, 0.3) is 0 Å². The number of aromatic nitrogens is 1. The smallest absolute Gasteiger partial charge is 0.408 e. The minimum Gasteiger partial charge on any atom is -0.408 e. The Morgan fingerprint density at radius 2 is 2.43 bits per heavy atom. The van der Waals surface area contributed by atoms with E-state index in [1.807, 2.05) is 0 Å². The number of nitrogens with one attached hydrogen (secondary N) is 1. The number of hydrogen-bond acceptors (Lipinski definition) is 3. The molecule has 0 aliphatic heterocycles. The molecule has 0 bridgehead atoms. The SMILES string of the molecule is [N-]=[N+]=NCc1ccc2[nH]c(=O)oc2c1. The molecule has 0 aliphatic rings. The number of hydrogen-bond donors (Lipinski definition) is 1. The highest BCUT2D eigenvalue weighted by atomic mass is 16.4. The summed E-state index contributed by atoms with van der Waals surface area (Å²) in [5.41, 5.74) is 10.0. The maximum absolute atomic E-state index is 10.8. The van der Waals surface area contributed by atoms with Crippen LogP contribution < -0.4 is 5.76 Å². The number of fused-ring (bicyclic) bond motifs is 1. The number of oxazole rings is 1. The minimum atomic E-state index is -0.485. The van der Waals surface area contributed by atoms with Gasteiger partial charge in [0, 0.05) is 4.91 Å². The summed E-state index contributed by atoms with van der Waals surface area (Å²) in [6.45, 7) is 0.251. The Balaban J connectivity index is 2.50. The highest BCUT2D eigenvalue weighted by Crippen LogP contribution is 2.12. The molecule has 1 N–H and O–H groups in total. The van der Waals surface area contributed by atoms with Gasteiger partial charge in [0.2, 0.25) is 0 Å². The second kappa shape index (κ2) is 3.27. The van der Waals surface area contributed by atoms with Gasteiger partial charge in [0.05, 0.1) is 12.1 Å². The second-order valence-electron chi connectivity index (χ2n) is 2.73. The summed E-state index contributed by atoms with van der Waals surface area (Å²) in [4.78, 5) is 16.0. The van der Waals surface area contributed by atoms with E-state index in [0.29, 0.717) is 11.1 Å². The van der Waals surface area contributed by atoms with Crippen LogP contribution in [0.25, 0.3) is 21.5 Å². The highest BCUT2D eigenvalue weighted by Gasteiger charge is 2.00. The molecule has 0 atom stereocenters. The van der Waals surface area contributed by atoms with Gasteiger partial charge in [-0.05, 0) is 23.2 Å². The third kappa shape index (κ3) is 1.46. The number of rotatable bonds is 2. The molecule has 1 aromatic heterocycles. The van der Waals surface area contributed by atoms with Crippen molar-refractivity contribution in [3.63, 3.8) is 0 Å². The maximum atomic E-state index is 10.8. The number of H-pyrrole nitrogens is 1. The molecule has 0 amide bonds. The Bertz CT molecular complexity index is 562. The van der Waals surface area contributed by atoms with Crippen LogP contribution >= 0.6 is 0 Å². The molecule has 0 fully saturated rings. The normalized spacial score (nSPS) is 10.0. The van der Waals surface area contributed by atoms with Crippen molar-refractivity contribution in [3.05, 3.63) is 44.8 Å². The Morgan fingerprint density at radius 3 is 3.21 bits per heavy atom. The largest absolute Gasteiger partial charge is 0.417 e. The number of benzene rings is 1. The van der Waals surface area contributed by atoms with Crippen LogP contribution in [0.3, 0.4) is 0 Å². The molecule has 6 heteroatoms. The van der Waals surface area contributed by atoms with Crippen molar-refractivity contribution in [2.24, 2.45) is 5.11 Å². The van der Waals surface area contributed by atoms with Gasteiger partial charge in [-0.3, -0.25) is 4.98 Å². The standard InChI is InChI=1S/C8H6N4O2/c9-12-10-4-5-1-2-6-7(3-5)14-8(13)11-6/h1-3H,4H2,(H,11,13). The molecule has 2 rings (SSSR count). The van der Waals surface area contributed by atoms with Crippen molar-refractivity contribution in [1.82, 2.24) is 4.98 Å².